The van der Waals surface area contributed by atoms with Gasteiger partial charge in [-0.25, -0.2) is 4.79 Å². The molecular formula is C49H71NO14. The molecule has 15 nitrogen and oxygen atoms in total. The van der Waals surface area contributed by atoms with Crippen LogP contribution in [0.3, 0.4) is 0 Å². The number of carboxylic acids is 1. The first-order valence-electron chi connectivity index (χ1n) is 23.4. The summed E-state index contributed by atoms with van der Waals surface area (Å²) in [6, 6.07) is 5.67. The van der Waals surface area contributed by atoms with Crippen LogP contribution in [0, 0.1) is 50.2 Å². The van der Waals surface area contributed by atoms with E-state index in [9.17, 15) is 50.1 Å². The van der Waals surface area contributed by atoms with Crippen molar-refractivity contribution < 1.29 is 69.1 Å². The molecule has 8 N–H and O–H groups in total. The molecule has 0 spiro atoms. The summed E-state index contributed by atoms with van der Waals surface area (Å²) in [7, 11) is 0. The van der Waals surface area contributed by atoms with Crippen LogP contribution in [-0.2, 0) is 23.7 Å². The fourth-order valence-electron chi connectivity index (χ4n) is 14.5. The molecule has 1 aromatic rings. The monoisotopic (exact) mass is 897 g/mol. The quantitative estimate of drug-likeness (QED) is 0.104. The number of aliphatic hydroxyl groups is 6. The molecular weight excluding hydrogens is 827 g/mol. The lowest BCUT2D eigenvalue weighted by molar-refractivity contribution is -0.308. The van der Waals surface area contributed by atoms with Gasteiger partial charge in [-0.15, -0.1) is 0 Å². The number of aliphatic hydroxyl groups excluding tert-OH is 6. The van der Waals surface area contributed by atoms with Crippen molar-refractivity contribution in [2.45, 2.75) is 174 Å². The zero-order valence-corrected chi connectivity index (χ0v) is 38.4. The van der Waals surface area contributed by atoms with Gasteiger partial charge in [0.25, 0.3) is 5.91 Å². The topological polar surface area (TPSA) is 242 Å². The smallest absolute Gasteiger partial charge is 0.336 e. The van der Waals surface area contributed by atoms with Gasteiger partial charge in [-0.05, 0) is 121 Å². The second-order valence-electron chi connectivity index (χ2n) is 22.6. The van der Waals surface area contributed by atoms with Gasteiger partial charge in [0.1, 0.15) is 42.7 Å². The molecule has 356 valence electrons. The van der Waals surface area contributed by atoms with E-state index < -0.39 is 78.6 Å². The Bertz CT molecular complexity index is 2010. The highest BCUT2D eigenvalue weighted by molar-refractivity contribution is 6.04. The van der Waals surface area contributed by atoms with Crippen LogP contribution in [-0.4, -0.2) is 128 Å². The van der Waals surface area contributed by atoms with Gasteiger partial charge >= 0.3 is 11.9 Å². The standard InChI is InChI=1S/C49H71NO14/c1-44(2)18-20-49(43(60)64-42-38(56)36(54)35(53)30(62-42)23-50-39(57)25-10-8-9-11-26(25)40(58)59)21-19-47(6)27(28(49)22-44)12-13-32-46(5)16-15-33(45(3,4)31(46)14-17-48(32,47)7)63-41-37(55)34(52)29(51)24-61-41/h8-12,28-38,41-42,51-56H,13-24H2,1-7H3,(H,50,57)(H,58,59)/t28-,29-,30+,31-,32+,33-,34-,35+,36-,37+,38+,41-,42-,46-,47+,48+,49-/m0/s1. The minimum Gasteiger partial charge on any atom is -0.478 e. The predicted octanol–water partition coefficient (Wildman–Crippen LogP) is 4.09. The maximum absolute atomic E-state index is 14.9. The zero-order chi connectivity index (χ0) is 46.5. The van der Waals surface area contributed by atoms with Crippen molar-refractivity contribution in [2.24, 2.45) is 50.2 Å². The first-order chi connectivity index (χ1) is 29.9. The summed E-state index contributed by atoms with van der Waals surface area (Å²) in [5.41, 5.74) is -0.663. The van der Waals surface area contributed by atoms with E-state index in [1.165, 1.54) is 29.8 Å². The average molecular weight is 898 g/mol. The number of fused-ring (bicyclic) bond motifs is 7. The number of nitrogens with one attached hydrogen (secondary N) is 1. The normalized spacial score (nSPS) is 45.9. The molecule has 17 atom stereocenters. The molecule has 8 rings (SSSR count). The Morgan fingerprint density at radius 2 is 1.44 bits per heavy atom. The van der Waals surface area contributed by atoms with E-state index in [1.807, 2.05) is 0 Å². The first kappa shape index (κ1) is 47.5. The van der Waals surface area contributed by atoms with Crippen molar-refractivity contribution in [1.82, 2.24) is 5.32 Å². The van der Waals surface area contributed by atoms with Gasteiger partial charge in [0.15, 0.2) is 6.29 Å². The highest BCUT2D eigenvalue weighted by Gasteiger charge is 2.70. The molecule has 2 aliphatic heterocycles. The lowest BCUT2D eigenvalue weighted by atomic mass is 9.33. The van der Waals surface area contributed by atoms with E-state index >= 15 is 0 Å². The van der Waals surface area contributed by atoms with Crippen LogP contribution in [0.4, 0.5) is 0 Å². The summed E-state index contributed by atoms with van der Waals surface area (Å²) in [5, 5.41) is 76.3. The molecule has 1 aromatic carbocycles. The second-order valence-corrected chi connectivity index (χ2v) is 22.6. The van der Waals surface area contributed by atoms with Crippen LogP contribution in [0.1, 0.15) is 133 Å². The van der Waals surface area contributed by atoms with Crippen LogP contribution >= 0.6 is 0 Å². The molecule has 2 saturated heterocycles. The maximum atomic E-state index is 14.9. The number of carboxylic acid groups (broad SMARTS) is 1. The van der Waals surface area contributed by atoms with E-state index in [4.69, 9.17) is 18.9 Å². The largest absolute Gasteiger partial charge is 0.478 e. The number of aromatic carboxylic acids is 1. The molecule has 6 fully saturated rings. The molecule has 0 radical (unpaired) electrons. The fourth-order valence-corrected chi connectivity index (χ4v) is 14.5. The van der Waals surface area contributed by atoms with Gasteiger partial charge in [0.05, 0.1) is 29.3 Å². The SMILES string of the molecule is CC1(C)CC[C@]2(C(=O)O[C@@H]3O[C@H](CNC(=O)c4ccccc4C(=O)O)[C@@H](O)[C@H](O)[C@H]3O)CC[C@]3(C)C(=CC[C@@H]4[C@@]5(C)CC[C@H](O[C@@H]6OC[C@H](O)[C@H](O)[C@H]6O)C(C)(C)[C@@H]5CC[C@]43C)[C@@H]2C1. The molecule has 0 bridgehead atoms. The zero-order valence-electron chi connectivity index (χ0n) is 38.4. The number of benzene rings is 1. The summed E-state index contributed by atoms with van der Waals surface area (Å²) in [6.45, 7) is 15.9. The lowest BCUT2D eigenvalue weighted by Crippen LogP contribution is -2.66. The van der Waals surface area contributed by atoms with E-state index in [0.29, 0.717) is 24.7 Å². The molecule has 1 amide bonds. The van der Waals surface area contributed by atoms with E-state index in [-0.39, 0.29) is 63.4 Å². The fraction of sp³-hybridized carbons (Fsp3) is 0.776. The predicted molar refractivity (Wildman–Crippen MR) is 230 cm³/mol. The van der Waals surface area contributed by atoms with Crippen molar-refractivity contribution in [1.29, 1.82) is 0 Å². The van der Waals surface area contributed by atoms with E-state index in [1.54, 1.807) is 0 Å². The number of esters is 1. The Morgan fingerprint density at radius 1 is 0.766 bits per heavy atom. The van der Waals surface area contributed by atoms with Crippen LogP contribution in [0.25, 0.3) is 0 Å². The molecule has 0 unspecified atom stereocenters. The third-order valence-electron chi connectivity index (χ3n) is 18.5. The Hall–Kier alpha value is -2.99. The third kappa shape index (κ3) is 7.47. The van der Waals surface area contributed by atoms with Crippen molar-refractivity contribution in [3.8, 4) is 0 Å². The van der Waals surface area contributed by atoms with Crippen LogP contribution in [0.2, 0.25) is 0 Å². The number of hydrogen-bond acceptors (Lipinski definition) is 13. The second kappa shape index (κ2) is 16.7. The third-order valence-corrected chi connectivity index (χ3v) is 18.5. The number of carbonyl (C=O) groups excluding carboxylic acids is 2. The first-order valence-corrected chi connectivity index (χ1v) is 23.4. The van der Waals surface area contributed by atoms with Gasteiger partial charge < -0.3 is 60.0 Å². The maximum Gasteiger partial charge on any atom is 0.336 e. The minimum absolute atomic E-state index is 0.0437. The van der Waals surface area contributed by atoms with Crippen molar-refractivity contribution in [3.63, 3.8) is 0 Å². The molecule has 2 heterocycles. The number of carbonyl (C=O) groups is 3. The minimum atomic E-state index is -1.77. The number of allylic oxidation sites excluding steroid dienone is 2. The average Bonchev–Trinajstić information content (AvgIpc) is 3.24. The van der Waals surface area contributed by atoms with Crippen molar-refractivity contribution >= 4 is 17.8 Å². The molecule has 15 heteroatoms. The Balaban J connectivity index is 1.02. The van der Waals surface area contributed by atoms with Gasteiger partial charge in [0.2, 0.25) is 6.29 Å². The van der Waals surface area contributed by atoms with Crippen molar-refractivity contribution in [3.05, 3.63) is 47.0 Å². The molecule has 5 aliphatic carbocycles. The summed E-state index contributed by atoms with van der Waals surface area (Å²) < 4.78 is 24.3. The van der Waals surface area contributed by atoms with Crippen molar-refractivity contribution in [2.75, 3.05) is 13.2 Å². The Kier molecular flexibility index (Phi) is 12.4. The van der Waals surface area contributed by atoms with Crippen LogP contribution in [0.15, 0.2) is 35.9 Å². The molecule has 7 aliphatic rings. The highest BCUT2D eigenvalue weighted by Crippen LogP contribution is 2.76. The molecule has 0 aromatic heterocycles. The Morgan fingerprint density at radius 3 is 2.14 bits per heavy atom. The van der Waals surface area contributed by atoms with E-state index in [2.05, 4.69) is 59.9 Å². The molecule has 4 saturated carbocycles. The van der Waals surface area contributed by atoms with Gasteiger partial charge in [-0.3, -0.25) is 9.59 Å². The van der Waals surface area contributed by atoms with Gasteiger partial charge in [0, 0.05) is 6.54 Å². The van der Waals surface area contributed by atoms with E-state index in [0.717, 1.165) is 51.4 Å². The number of ether oxygens (including phenoxy) is 4. The Labute approximate surface area is 375 Å². The number of hydrogen-bond donors (Lipinski definition) is 8. The van der Waals surface area contributed by atoms with Crippen LogP contribution in [0.5, 0.6) is 0 Å². The summed E-state index contributed by atoms with van der Waals surface area (Å²) in [4.78, 5) is 39.7. The molecule has 64 heavy (non-hydrogen) atoms. The summed E-state index contributed by atoms with van der Waals surface area (Å²) in [6.07, 6.45) is -2.88. The highest BCUT2D eigenvalue weighted by atomic mass is 16.7. The van der Waals surface area contributed by atoms with Gasteiger partial charge in [-0.2, -0.15) is 0 Å². The lowest BCUT2D eigenvalue weighted by Gasteiger charge is -2.71. The summed E-state index contributed by atoms with van der Waals surface area (Å²) in [5.74, 6) is -2.05. The number of rotatable bonds is 8. The van der Waals surface area contributed by atoms with Gasteiger partial charge in [-0.1, -0.05) is 72.2 Å². The summed E-state index contributed by atoms with van der Waals surface area (Å²) >= 11 is 0. The van der Waals surface area contributed by atoms with Crippen LogP contribution < -0.4 is 5.32 Å². The number of amides is 1.